The van der Waals surface area contributed by atoms with Crippen molar-refractivity contribution in [3.05, 3.63) is 30.3 Å². The Morgan fingerprint density at radius 2 is 1.96 bits per heavy atom. The largest absolute Gasteiger partial charge is 0.389 e. The maximum atomic E-state index is 11.9. The van der Waals surface area contributed by atoms with Gasteiger partial charge in [0.15, 0.2) is 0 Å². The van der Waals surface area contributed by atoms with Gasteiger partial charge in [-0.2, -0.15) is 0 Å². The lowest BCUT2D eigenvalue weighted by Gasteiger charge is -2.20. The van der Waals surface area contributed by atoms with Crippen LogP contribution >= 0.6 is 0 Å². The highest BCUT2D eigenvalue weighted by Gasteiger charge is 2.10. The first-order chi connectivity index (χ1) is 11.5. The molecule has 0 bridgehead atoms. The molecule has 24 heavy (non-hydrogen) atoms. The van der Waals surface area contributed by atoms with Crippen molar-refractivity contribution >= 4 is 11.6 Å². The molecule has 0 saturated heterocycles. The van der Waals surface area contributed by atoms with Gasteiger partial charge in [0.2, 0.25) is 5.91 Å². The highest BCUT2D eigenvalue weighted by atomic mass is 16.5. The molecule has 136 valence electrons. The van der Waals surface area contributed by atoms with Crippen LogP contribution in [0.15, 0.2) is 30.3 Å². The molecule has 0 heterocycles. The van der Waals surface area contributed by atoms with Crippen LogP contribution in [0.2, 0.25) is 0 Å². The predicted octanol–water partition coefficient (Wildman–Crippen LogP) is 1.75. The van der Waals surface area contributed by atoms with Gasteiger partial charge in [0.1, 0.15) is 0 Å². The van der Waals surface area contributed by atoms with Crippen molar-refractivity contribution < 1.29 is 19.4 Å². The topological polar surface area (TPSA) is 71.0 Å². The summed E-state index contributed by atoms with van der Waals surface area (Å²) in [6.07, 6.45) is -0.0146. The zero-order valence-corrected chi connectivity index (χ0v) is 14.9. The van der Waals surface area contributed by atoms with Crippen LogP contribution in [0, 0.1) is 0 Å². The molecule has 2 N–H and O–H groups in total. The summed E-state index contributed by atoms with van der Waals surface area (Å²) in [7, 11) is 1.88. The summed E-state index contributed by atoms with van der Waals surface area (Å²) < 4.78 is 10.7. The summed E-state index contributed by atoms with van der Waals surface area (Å²) in [4.78, 5) is 13.8. The van der Waals surface area contributed by atoms with Crippen molar-refractivity contribution in [2.75, 3.05) is 45.3 Å². The lowest BCUT2D eigenvalue weighted by molar-refractivity contribution is -0.116. The van der Waals surface area contributed by atoms with Gasteiger partial charge >= 0.3 is 0 Å². The molecule has 0 spiro atoms. The zero-order chi connectivity index (χ0) is 17.8. The Balaban J connectivity index is 2.09. The molecule has 1 amide bonds. The van der Waals surface area contributed by atoms with Crippen molar-refractivity contribution in [3.63, 3.8) is 0 Å². The Morgan fingerprint density at radius 3 is 2.62 bits per heavy atom. The second kappa shape index (κ2) is 12.0. The number of ether oxygens (including phenoxy) is 2. The van der Waals surface area contributed by atoms with Crippen LogP contribution in [-0.2, 0) is 14.3 Å². The number of carbonyl (C=O) groups is 1. The third-order valence-electron chi connectivity index (χ3n) is 3.29. The zero-order valence-electron chi connectivity index (χ0n) is 14.9. The fraction of sp³-hybridized carbons (Fsp3) is 0.611. The number of hydrogen-bond acceptors (Lipinski definition) is 5. The van der Waals surface area contributed by atoms with Crippen molar-refractivity contribution in [1.29, 1.82) is 0 Å². The molecule has 6 nitrogen and oxygen atoms in total. The number of para-hydroxylation sites is 1. The number of aliphatic hydroxyl groups is 1. The lowest BCUT2D eigenvalue weighted by atomic mass is 10.3. The summed E-state index contributed by atoms with van der Waals surface area (Å²) in [5.41, 5.74) is 0.794. The fourth-order valence-electron chi connectivity index (χ4n) is 2.10. The molecule has 1 aromatic carbocycles. The first-order valence-corrected chi connectivity index (χ1v) is 8.38. The van der Waals surface area contributed by atoms with E-state index >= 15 is 0 Å². The number of nitrogens with zero attached hydrogens (tertiary/aromatic N) is 1. The van der Waals surface area contributed by atoms with Gasteiger partial charge in [-0.25, -0.2) is 0 Å². The van der Waals surface area contributed by atoms with Crippen LogP contribution in [0.1, 0.15) is 20.3 Å². The van der Waals surface area contributed by atoms with Crippen LogP contribution in [0.3, 0.4) is 0 Å². The molecule has 6 heteroatoms. The molecule has 0 unspecified atom stereocenters. The second-order valence-corrected chi connectivity index (χ2v) is 6.07. The summed E-state index contributed by atoms with van der Waals surface area (Å²) >= 11 is 0. The number of benzene rings is 1. The highest BCUT2D eigenvalue weighted by molar-refractivity contribution is 5.90. The summed E-state index contributed by atoms with van der Waals surface area (Å²) in [6, 6.07) is 9.37. The Morgan fingerprint density at radius 1 is 1.25 bits per heavy atom. The Hall–Kier alpha value is -1.47. The molecule has 0 saturated carbocycles. The highest BCUT2D eigenvalue weighted by Crippen LogP contribution is 2.05. The van der Waals surface area contributed by atoms with Crippen LogP contribution in [-0.4, -0.2) is 68.1 Å². The Labute approximate surface area is 144 Å². The fourth-order valence-corrected chi connectivity index (χ4v) is 2.10. The van der Waals surface area contributed by atoms with E-state index in [0.29, 0.717) is 32.7 Å². The Bertz CT molecular complexity index is 454. The third-order valence-corrected chi connectivity index (χ3v) is 3.29. The first kappa shape index (κ1) is 20.6. The van der Waals surface area contributed by atoms with E-state index in [1.54, 1.807) is 0 Å². The van der Waals surface area contributed by atoms with Crippen LogP contribution in [0.5, 0.6) is 0 Å². The SMILES string of the molecule is CC(C)OCCOC[C@@H](O)CN(C)CCC(=O)Nc1ccccc1. The first-order valence-electron chi connectivity index (χ1n) is 8.38. The quantitative estimate of drug-likeness (QED) is 0.568. The molecular weight excluding hydrogens is 308 g/mol. The average Bonchev–Trinajstić information content (AvgIpc) is 2.53. The standard InChI is InChI=1S/C18H30N2O4/c1-15(2)24-12-11-23-14-17(21)13-20(3)10-9-18(22)19-16-7-5-4-6-8-16/h4-8,15,17,21H,9-14H2,1-3H3,(H,19,22)/t17-/m0/s1. The van der Waals surface area contributed by atoms with E-state index in [9.17, 15) is 9.90 Å². The van der Waals surface area contributed by atoms with Crippen molar-refractivity contribution in [2.45, 2.75) is 32.5 Å². The molecule has 0 radical (unpaired) electrons. The number of anilines is 1. The second-order valence-electron chi connectivity index (χ2n) is 6.07. The molecule has 1 atom stereocenters. The summed E-state index contributed by atoms with van der Waals surface area (Å²) in [5.74, 6) is -0.0374. The number of nitrogens with one attached hydrogen (secondary N) is 1. The summed E-state index contributed by atoms with van der Waals surface area (Å²) in [6.45, 7) is 6.24. The number of hydrogen-bond donors (Lipinski definition) is 2. The summed E-state index contributed by atoms with van der Waals surface area (Å²) in [5, 5.41) is 12.8. The molecule has 0 aliphatic heterocycles. The maximum Gasteiger partial charge on any atom is 0.225 e. The van der Waals surface area contributed by atoms with Gasteiger partial charge in [0, 0.05) is 25.2 Å². The minimum Gasteiger partial charge on any atom is -0.389 e. The van der Waals surface area contributed by atoms with Gasteiger partial charge in [0.05, 0.1) is 32.0 Å². The number of aliphatic hydroxyl groups excluding tert-OH is 1. The third kappa shape index (κ3) is 10.3. The minimum atomic E-state index is -0.578. The molecule has 0 aliphatic rings. The predicted molar refractivity (Wildman–Crippen MR) is 95.1 cm³/mol. The van der Waals surface area contributed by atoms with Gasteiger partial charge in [0.25, 0.3) is 0 Å². The maximum absolute atomic E-state index is 11.9. The average molecular weight is 338 g/mol. The minimum absolute atomic E-state index is 0.0374. The molecule has 0 aliphatic carbocycles. The lowest BCUT2D eigenvalue weighted by Crippen LogP contribution is -2.34. The van der Waals surface area contributed by atoms with E-state index in [1.807, 2.05) is 56.1 Å². The number of amides is 1. The van der Waals surface area contributed by atoms with E-state index in [-0.39, 0.29) is 18.6 Å². The monoisotopic (exact) mass is 338 g/mol. The Kier molecular flexibility index (Phi) is 10.3. The van der Waals surface area contributed by atoms with Gasteiger partial charge in [-0.15, -0.1) is 0 Å². The van der Waals surface area contributed by atoms with Gasteiger partial charge in [-0.3, -0.25) is 4.79 Å². The molecule has 0 aromatic heterocycles. The normalized spacial score (nSPS) is 12.6. The van der Waals surface area contributed by atoms with Gasteiger partial charge in [-0.1, -0.05) is 18.2 Å². The number of carbonyl (C=O) groups excluding carboxylic acids is 1. The van der Waals surface area contributed by atoms with Crippen LogP contribution in [0.25, 0.3) is 0 Å². The number of rotatable bonds is 12. The smallest absolute Gasteiger partial charge is 0.225 e. The van der Waals surface area contributed by atoms with Gasteiger partial charge in [-0.05, 0) is 33.0 Å². The van der Waals surface area contributed by atoms with Crippen molar-refractivity contribution in [1.82, 2.24) is 4.90 Å². The van der Waals surface area contributed by atoms with E-state index in [0.717, 1.165) is 5.69 Å². The van der Waals surface area contributed by atoms with Crippen LogP contribution in [0.4, 0.5) is 5.69 Å². The van der Waals surface area contributed by atoms with Crippen molar-refractivity contribution in [2.24, 2.45) is 0 Å². The van der Waals surface area contributed by atoms with Gasteiger partial charge < -0.3 is 24.8 Å². The van der Waals surface area contributed by atoms with E-state index in [2.05, 4.69) is 5.32 Å². The van der Waals surface area contributed by atoms with Crippen molar-refractivity contribution in [3.8, 4) is 0 Å². The van der Waals surface area contributed by atoms with E-state index in [4.69, 9.17) is 9.47 Å². The molecule has 1 aromatic rings. The molecule has 1 rings (SSSR count). The van der Waals surface area contributed by atoms with Crippen LogP contribution < -0.4 is 5.32 Å². The van der Waals surface area contributed by atoms with E-state index in [1.165, 1.54) is 0 Å². The molecule has 0 fully saturated rings. The number of likely N-dealkylation sites (N-methyl/N-ethyl adjacent to an activating group) is 1. The van der Waals surface area contributed by atoms with E-state index < -0.39 is 6.10 Å². The molecular formula is C18H30N2O4.